The first-order chi connectivity index (χ1) is 10.1. The molecular formula is C13H11ClFN5O. The van der Waals surface area contributed by atoms with Gasteiger partial charge in [0.05, 0.1) is 36.7 Å². The van der Waals surface area contributed by atoms with Crippen molar-refractivity contribution in [2.24, 2.45) is 0 Å². The maximum atomic E-state index is 14.1. The van der Waals surface area contributed by atoms with E-state index in [1.54, 1.807) is 23.1 Å². The Kier molecular flexibility index (Phi) is 2.73. The van der Waals surface area contributed by atoms with Gasteiger partial charge in [0.2, 0.25) is 5.67 Å². The molecule has 3 aromatic rings. The summed E-state index contributed by atoms with van der Waals surface area (Å²) in [7, 11) is 0. The fourth-order valence-corrected chi connectivity index (χ4v) is 2.44. The van der Waals surface area contributed by atoms with Crippen molar-refractivity contribution in [1.29, 1.82) is 0 Å². The molecule has 0 unspecified atom stereocenters. The van der Waals surface area contributed by atoms with Crippen LogP contribution in [0.3, 0.4) is 0 Å². The molecule has 4 rings (SSSR count). The molecule has 108 valence electrons. The summed E-state index contributed by atoms with van der Waals surface area (Å²) in [5.41, 5.74) is 0.404. The van der Waals surface area contributed by atoms with Crippen LogP contribution >= 0.6 is 11.6 Å². The molecule has 1 fully saturated rings. The van der Waals surface area contributed by atoms with Crippen LogP contribution in [-0.4, -0.2) is 37.6 Å². The monoisotopic (exact) mass is 307 g/mol. The predicted octanol–water partition coefficient (Wildman–Crippen LogP) is 1.82. The molecule has 0 saturated carbocycles. The molecule has 0 atom stereocenters. The molecule has 0 aliphatic carbocycles. The lowest BCUT2D eigenvalue weighted by molar-refractivity contribution is -0.137. The minimum atomic E-state index is -1.50. The zero-order valence-corrected chi connectivity index (χ0v) is 11.7. The number of pyridine rings is 1. The molecule has 0 aromatic carbocycles. The van der Waals surface area contributed by atoms with Crippen LogP contribution in [0.1, 0.15) is 11.4 Å². The standard InChI is InChI=1S/C13H11ClFN5O/c14-9-1-2-12-16-10(4-19(12)3-9)5-20-6-11(17-18-20)13(15)7-21-8-13/h1-4,6H,5,7-8H2. The lowest BCUT2D eigenvalue weighted by Crippen LogP contribution is -2.42. The van der Waals surface area contributed by atoms with E-state index in [1.807, 2.05) is 16.7 Å². The first kappa shape index (κ1) is 12.7. The Morgan fingerprint density at radius 3 is 2.90 bits per heavy atom. The number of halogens is 2. The highest BCUT2D eigenvalue weighted by Crippen LogP contribution is 2.32. The van der Waals surface area contributed by atoms with Crippen molar-refractivity contribution in [3.63, 3.8) is 0 Å². The number of fused-ring (bicyclic) bond motifs is 1. The Morgan fingerprint density at radius 2 is 2.14 bits per heavy atom. The maximum Gasteiger partial charge on any atom is 0.202 e. The van der Waals surface area contributed by atoms with Gasteiger partial charge in [0, 0.05) is 12.4 Å². The van der Waals surface area contributed by atoms with Crippen LogP contribution in [0.2, 0.25) is 5.02 Å². The number of ether oxygens (including phenoxy) is 1. The number of alkyl halides is 1. The van der Waals surface area contributed by atoms with Crippen molar-refractivity contribution in [3.05, 3.63) is 47.1 Å². The van der Waals surface area contributed by atoms with E-state index >= 15 is 0 Å². The fraction of sp³-hybridized carbons (Fsp3) is 0.308. The summed E-state index contributed by atoms with van der Waals surface area (Å²) < 4.78 is 22.4. The molecule has 21 heavy (non-hydrogen) atoms. The third-order valence-electron chi connectivity index (χ3n) is 3.45. The molecule has 1 aliphatic heterocycles. The Bertz CT molecular complexity index is 810. The van der Waals surface area contributed by atoms with Gasteiger partial charge in [-0.15, -0.1) is 5.10 Å². The van der Waals surface area contributed by atoms with Crippen molar-refractivity contribution in [2.45, 2.75) is 12.2 Å². The number of hydrogen-bond acceptors (Lipinski definition) is 4. The molecule has 1 aliphatic rings. The third kappa shape index (κ3) is 2.18. The maximum absolute atomic E-state index is 14.1. The van der Waals surface area contributed by atoms with E-state index in [4.69, 9.17) is 16.3 Å². The number of imidazole rings is 1. The van der Waals surface area contributed by atoms with Crippen molar-refractivity contribution >= 4 is 17.2 Å². The molecule has 0 amide bonds. The van der Waals surface area contributed by atoms with Crippen LogP contribution in [0.25, 0.3) is 5.65 Å². The second-order valence-corrected chi connectivity index (χ2v) is 5.54. The highest BCUT2D eigenvalue weighted by atomic mass is 35.5. The molecule has 0 N–H and O–H groups in total. The van der Waals surface area contributed by atoms with Gasteiger partial charge in [-0.1, -0.05) is 16.8 Å². The molecule has 0 radical (unpaired) electrons. The highest BCUT2D eigenvalue weighted by Gasteiger charge is 2.43. The zero-order valence-electron chi connectivity index (χ0n) is 10.9. The zero-order chi connectivity index (χ0) is 14.4. The average Bonchev–Trinajstić information content (AvgIpc) is 3.02. The molecule has 0 bridgehead atoms. The van der Waals surface area contributed by atoms with Gasteiger partial charge in [-0.25, -0.2) is 14.1 Å². The van der Waals surface area contributed by atoms with E-state index < -0.39 is 5.67 Å². The van der Waals surface area contributed by atoms with Crippen LogP contribution in [0.4, 0.5) is 4.39 Å². The predicted molar refractivity (Wildman–Crippen MR) is 72.9 cm³/mol. The first-order valence-corrected chi connectivity index (χ1v) is 6.81. The molecule has 4 heterocycles. The normalized spacial score (nSPS) is 17.0. The van der Waals surface area contributed by atoms with E-state index in [9.17, 15) is 4.39 Å². The largest absolute Gasteiger partial charge is 0.374 e. The summed E-state index contributed by atoms with van der Waals surface area (Å²) in [5.74, 6) is 0. The van der Waals surface area contributed by atoms with Gasteiger partial charge in [0.25, 0.3) is 0 Å². The third-order valence-corrected chi connectivity index (χ3v) is 3.67. The van der Waals surface area contributed by atoms with Crippen LogP contribution in [0.5, 0.6) is 0 Å². The molecule has 6 nitrogen and oxygen atoms in total. The van der Waals surface area contributed by atoms with Gasteiger partial charge >= 0.3 is 0 Å². The SMILES string of the molecule is FC1(c2cn(Cc3cn4cc(Cl)ccc4n3)nn2)COC1. The Balaban J connectivity index is 1.59. The van der Waals surface area contributed by atoms with Crippen molar-refractivity contribution < 1.29 is 9.13 Å². The summed E-state index contributed by atoms with van der Waals surface area (Å²) in [6.07, 6.45) is 5.24. The van der Waals surface area contributed by atoms with Crippen molar-refractivity contribution in [1.82, 2.24) is 24.4 Å². The topological polar surface area (TPSA) is 57.2 Å². The van der Waals surface area contributed by atoms with Crippen LogP contribution < -0.4 is 0 Å². The van der Waals surface area contributed by atoms with Crippen LogP contribution in [0, 0.1) is 0 Å². The highest BCUT2D eigenvalue weighted by molar-refractivity contribution is 6.30. The average molecular weight is 308 g/mol. The quantitative estimate of drug-likeness (QED) is 0.740. The molecule has 8 heteroatoms. The van der Waals surface area contributed by atoms with Crippen LogP contribution in [-0.2, 0) is 17.0 Å². The number of nitrogens with zero attached hydrogens (tertiary/aromatic N) is 5. The van der Waals surface area contributed by atoms with Crippen LogP contribution in [0.15, 0.2) is 30.7 Å². The van der Waals surface area contributed by atoms with E-state index in [1.165, 1.54) is 0 Å². The molecular weight excluding hydrogens is 297 g/mol. The summed E-state index contributed by atoms with van der Waals surface area (Å²) >= 11 is 5.93. The second kappa shape index (κ2) is 4.51. The van der Waals surface area contributed by atoms with E-state index in [0.29, 0.717) is 17.3 Å². The smallest absolute Gasteiger partial charge is 0.202 e. The van der Waals surface area contributed by atoms with Gasteiger partial charge in [-0.3, -0.25) is 0 Å². The van der Waals surface area contributed by atoms with Gasteiger partial charge < -0.3 is 9.14 Å². The summed E-state index contributed by atoms with van der Waals surface area (Å²) in [4.78, 5) is 4.45. The number of rotatable bonds is 3. The molecule has 1 saturated heterocycles. The van der Waals surface area contributed by atoms with Crippen molar-refractivity contribution in [3.8, 4) is 0 Å². The fourth-order valence-electron chi connectivity index (χ4n) is 2.27. The lowest BCUT2D eigenvalue weighted by Gasteiger charge is -2.31. The Labute approximate surface area is 124 Å². The second-order valence-electron chi connectivity index (χ2n) is 5.10. The lowest BCUT2D eigenvalue weighted by atomic mass is 10.0. The van der Waals surface area contributed by atoms with E-state index in [2.05, 4.69) is 15.3 Å². The van der Waals surface area contributed by atoms with E-state index in [0.717, 1.165) is 11.3 Å². The number of hydrogen-bond donors (Lipinski definition) is 0. The molecule has 0 spiro atoms. The minimum Gasteiger partial charge on any atom is -0.374 e. The first-order valence-electron chi connectivity index (χ1n) is 6.43. The van der Waals surface area contributed by atoms with Gasteiger partial charge in [0.15, 0.2) is 0 Å². The summed E-state index contributed by atoms with van der Waals surface area (Å²) in [6, 6.07) is 3.62. The summed E-state index contributed by atoms with van der Waals surface area (Å²) in [6.45, 7) is 0.500. The van der Waals surface area contributed by atoms with Gasteiger partial charge in [-0.2, -0.15) is 0 Å². The van der Waals surface area contributed by atoms with E-state index in [-0.39, 0.29) is 13.2 Å². The number of aromatic nitrogens is 5. The van der Waals surface area contributed by atoms with Gasteiger partial charge in [-0.05, 0) is 12.1 Å². The Hall–Kier alpha value is -1.99. The Morgan fingerprint density at radius 1 is 1.29 bits per heavy atom. The summed E-state index contributed by atoms with van der Waals surface area (Å²) in [5, 5.41) is 8.46. The minimum absolute atomic E-state index is 0.0402. The molecule has 3 aromatic heterocycles. The van der Waals surface area contributed by atoms with Gasteiger partial charge in [0.1, 0.15) is 11.3 Å². The van der Waals surface area contributed by atoms with Crippen molar-refractivity contribution in [2.75, 3.05) is 13.2 Å².